The van der Waals surface area contributed by atoms with Gasteiger partial charge in [-0.1, -0.05) is 176 Å². The maximum atomic E-state index is 5.17. The summed E-state index contributed by atoms with van der Waals surface area (Å²) < 4.78 is 0. The Kier molecular flexibility index (Phi) is 7.14. The zero-order valence-electron chi connectivity index (χ0n) is 28.2. The van der Waals surface area contributed by atoms with E-state index in [0.717, 1.165) is 33.4 Å². The first-order valence-corrected chi connectivity index (χ1v) is 17.6. The van der Waals surface area contributed by atoms with Crippen LogP contribution in [0.1, 0.15) is 0 Å². The standard InChI is InChI=1S/C49H31N3/c1-2-14-35(15-3-1)47-50-48(52-49(51-47)44-21-11-10-18-41(44)39-28-22-32-12-4-5-16-37(32)30-39)36-26-24-34(25-27-36)45-43-20-9-7-17-38(43)31-40-29-23-33-13-6-8-19-42(33)46(40)45/h1-31H. The second-order valence-corrected chi connectivity index (χ2v) is 13.2. The summed E-state index contributed by atoms with van der Waals surface area (Å²) in [6, 6.07) is 66.5. The molecule has 1 heterocycles. The number of hydrogen-bond donors (Lipinski definition) is 0. The van der Waals surface area contributed by atoms with E-state index in [-0.39, 0.29) is 0 Å². The molecule has 52 heavy (non-hydrogen) atoms. The van der Waals surface area contributed by atoms with E-state index in [1.807, 2.05) is 18.2 Å². The van der Waals surface area contributed by atoms with Gasteiger partial charge in [0, 0.05) is 16.7 Å². The van der Waals surface area contributed by atoms with Crippen LogP contribution in [0.3, 0.4) is 0 Å². The average molecular weight is 662 g/mol. The quantitative estimate of drug-likeness (QED) is 0.136. The molecule has 0 amide bonds. The van der Waals surface area contributed by atoms with Gasteiger partial charge >= 0.3 is 0 Å². The number of rotatable bonds is 5. The lowest BCUT2D eigenvalue weighted by Gasteiger charge is -2.15. The summed E-state index contributed by atoms with van der Waals surface area (Å²) in [5, 5.41) is 9.86. The largest absolute Gasteiger partial charge is 0.208 e. The van der Waals surface area contributed by atoms with Crippen molar-refractivity contribution in [1.82, 2.24) is 15.0 Å². The van der Waals surface area contributed by atoms with E-state index in [9.17, 15) is 0 Å². The summed E-state index contributed by atoms with van der Waals surface area (Å²) in [6.07, 6.45) is 0. The van der Waals surface area contributed by atoms with Crippen LogP contribution in [0.2, 0.25) is 0 Å². The van der Waals surface area contributed by atoms with Crippen LogP contribution in [0.15, 0.2) is 188 Å². The smallest absolute Gasteiger partial charge is 0.164 e. The van der Waals surface area contributed by atoms with Crippen molar-refractivity contribution in [1.29, 1.82) is 0 Å². The van der Waals surface area contributed by atoms with Gasteiger partial charge in [0.2, 0.25) is 0 Å². The van der Waals surface area contributed by atoms with Gasteiger partial charge in [0.05, 0.1) is 0 Å². The third kappa shape index (κ3) is 5.19. The Morgan fingerprint density at radius 1 is 0.269 bits per heavy atom. The van der Waals surface area contributed by atoms with Crippen molar-refractivity contribution in [3.05, 3.63) is 188 Å². The summed E-state index contributed by atoms with van der Waals surface area (Å²) in [7, 11) is 0. The van der Waals surface area contributed by atoms with E-state index in [2.05, 4.69) is 170 Å². The monoisotopic (exact) mass is 661 g/mol. The van der Waals surface area contributed by atoms with Crippen molar-refractivity contribution in [2.75, 3.05) is 0 Å². The number of benzene rings is 9. The molecule has 9 aromatic carbocycles. The summed E-state index contributed by atoms with van der Waals surface area (Å²) in [5.74, 6) is 1.92. The van der Waals surface area contributed by atoms with Crippen LogP contribution in [-0.4, -0.2) is 15.0 Å². The van der Waals surface area contributed by atoms with Crippen molar-refractivity contribution < 1.29 is 0 Å². The molecule has 0 saturated carbocycles. The first-order chi connectivity index (χ1) is 25.8. The highest BCUT2D eigenvalue weighted by atomic mass is 15.0. The molecule has 0 atom stereocenters. The van der Waals surface area contributed by atoms with Crippen LogP contribution in [0.25, 0.3) is 99.5 Å². The number of nitrogens with zero attached hydrogens (tertiary/aromatic N) is 3. The van der Waals surface area contributed by atoms with Crippen LogP contribution >= 0.6 is 0 Å². The Bertz CT molecular complexity index is 2950. The molecule has 0 saturated heterocycles. The Hall–Kier alpha value is -6.97. The van der Waals surface area contributed by atoms with Crippen molar-refractivity contribution >= 4 is 43.1 Å². The molecular weight excluding hydrogens is 631 g/mol. The highest BCUT2D eigenvalue weighted by molar-refractivity contribution is 6.21. The molecule has 0 unspecified atom stereocenters. The van der Waals surface area contributed by atoms with Gasteiger partial charge in [-0.2, -0.15) is 0 Å². The Labute approximate surface area is 301 Å². The number of fused-ring (bicyclic) bond motifs is 5. The molecule has 0 aliphatic heterocycles. The van der Waals surface area contributed by atoms with E-state index in [1.165, 1.54) is 48.7 Å². The molecule has 3 heteroatoms. The lowest BCUT2D eigenvalue weighted by Crippen LogP contribution is -2.01. The Morgan fingerprint density at radius 2 is 0.788 bits per heavy atom. The van der Waals surface area contributed by atoms with Gasteiger partial charge in [-0.05, 0) is 77.5 Å². The summed E-state index contributed by atoms with van der Waals surface area (Å²) in [5.41, 5.74) is 7.43. The first-order valence-electron chi connectivity index (χ1n) is 17.6. The van der Waals surface area contributed by atoms with Gasteiger partial charge in [0.25, 0.3) is 0 Å². The van der Waals surface area contributed by atoms with Gasteiger partial charge in [0.15, 0.2) is 17.5 Å². The Balaban J connectivity index is 1.14. The zero-order valence-corrected chi connectivity index (χ0v) is 28.2. The molecule has 0 aliphatic carbocycles. The third-order valence-electron chi connectivity index (χ3n) is 10.1. The molecule has 242 valence electrons. The molecule has 10 rings (SSSR count). The van der Waals surface area contributed by atoms with Crippen molar-refractivity contribution in [2.24, 2.45) is 0 Å². The molecule has 0 spiro atoms. The number of aromatic nitrogens is 3. The molecule has 10 aromatic rings. The molecule has 1 aromatic heterocycles. The lowest BCUT2D eigenvalue weighted by molar-refractivity contribution is 1.07. The fraction of sp³-hybridized carbons (Fsp3) is 0. The van der Waals surface area contributed by atoms with Gasteiger partial charge in [-0.25, -0.2) is 15.0 Å². The molecule has 0 bridgehead atoms. The molecule has 0 N–H and O–H groups in total. The fourth-order valence-electron chi connectivity index (χ4n) is 7.55. The average Bonchev–Trinajstić information content (AvgIpc) is 3.23. The second kappa shape index (κ2) is 12.4. The van der Waals surface area contributed by atoms with E-state index in [1.54, 1.807) is 0 Å². The summed E-state index contributed by atoms with van der Waals surface area (Å²) in [6.45, 7) is 0. The first kappa shape index (κ1) is 29.9. The van der Waals surface area contributed by atoms with Crippen LogP contribution < -0.4 is 0 Å². The Morgan fingerprint density at radius 3 is 1.58 bits per heavy atom. The maximum Gasteiger partial charge on any atom is 0.164 e. The predicted molar refractivity (Wildman–Crippen MR) is 217 cm³/mol. The van der Waals surface area contributed by atoms with E-state index in [4.69, 9.17) is 15.0 Å². The minimum Gasteiger partial charge on any atom is -0.208 e. The van der Waals surface area contributed by atoms with Gasteiger partial charge < -0.3 is 0 Å². The van der Waals surface area contributed by atoms with Crippen LogP contribution in [0.5, 0.6) is 0 Å². The normalized spacial score (nSPS) is 11.5. The maximum absolute atomic E-state index is 5.17. The predicted octanol–water partition coefficient (Wildman–Crippen LogP) is 12.8. The SMILES string of the molecule is c1ccc(-c2nc(-c3ccc(-c4c5ccccc5cc5ccc6ccccc6c45)cc3)nc(-c3ccccc3-c3ccc4ccccc4c3)n2)cc1. The number of hydrogen-bond acceptors (Lipinski definition) is 3. The molecular formula is C49H31N3. The van der Waals surface area contributed by atoms with Crippen LogP contribution in [0, 0.1) is 0 Å². The molecule has 0 radical (unpaired) electrons. The van der Waals surface area contributed by atoms with Crippen molar-refractivity contribution in [2.45, 2.75) is 0 Å². The topological polar surface area (TPSA) is 38.7 Å². The van der Waals surface area contributed by atoms with Crippen LogP contribution in [-0.2, 0) is 0 Å². The van der Waals surface area contributed by atoms with Crippen molar-refractivity contribution in [3.8, 4) is 56.4 Å². The lowest BCUT2D eigenvalue weighted by atomic mass is 9.89. The van der Waals surface area contributed by atoms with Gasteiger partial charge in [0.1, 0.15) is 0 Å². The highest BCUT2D eigenvalue weighted by Crippen LogP contribution is 2.41. The van der Waals surface area contributed by atoms with E-state index < -0.39 is 0 Å². The van der Waals surface area contributed by atoms with Crippen molar-refractivity contribution in [3.63, 3.8) is 0 Å². The molecule has 0 aliphatic rings. The minimum absolute atomic E-state index is 0.636. The molecule has 0 fully saturated rings. The summed E-state index contributed by atoms with van der Waals surface area (Å²) >= 11 is 0. The van der Waals surface area contributed by atoms with E-state index >= 15 is 0 Å². The fourth-order valence-corrected chi connectivity index (χ4v) is 7.55. The minimum atomic E-state index is 0.636. The third-order valence-corrected chi connectivity index (χ3v) is 10.1. The van der Waals surface area contributed by atoms with Crippen LogP contribution in [0.4, 0.5) is 0 Å². The van der Waals surface area contributed by atoms with E-state index in [0.29, 0.717) is 17.5 Å². The van der Waals surface area contributed by atoms with Gasteiger partial charge in [-0.15, -0.1) is 0 Å². The second-order valence-electron chi connectivity index (χ2n) is 13.2. The van der Waals surface area contributed by atoms with Gasteiger partial charge in [-0.3, -0.25) is 0 Å². The highest BCUT2D eigenvalue weighted by Gasteiger charge is 2.17. The zero-order chi connectivity index (χ0) is 34.4. The summed E-state index contributed by atoms with van der Waals surface area (Å²) in [4.78, 5) is 15.3. The molecule has 3 nitrogen and oxygen atoms in total.